The topological polar surface area (TPSA) is 93.1 Å². The molecule has 1 heterocycles. The number of carbonyl (C=O) groups excluding carboxylic acids is 3. The first kappa shape index (κ1) is 26.0. The molecule has 1 atom stereocenters. The van der Waals surface area contributed by atoms with E-state index < -0.39 is 29.5 Å². The summed E-state index contributed by atoms with van der Waals surface area (Å²) in [7, 11) is 0. The van der Waals surface area contributed by atoms with Crippen LogP contribution in [0.25, 0.3) is 5.76 Å². The van der Waals surface area contributed by atoms with E-state index in [1.54, 1.807) is 48.5 Å². The summed E-state index contributed by atoms with van der Waals surface area (Å²) in [6.45, 7) is 7.31. The van der Waals surface area contributed by atoms with E-state index >= 15 is 0 Å². The van der Waals surface area contributed by atoms with Gasteiger partial charge in [0, 0.05) is 18.2 Å². The van der Waals surface area contributed by atoms with Crippen molar-refractivity contribution in [2.45, 2.75) is 33.7 Å². The molecule has 4 rings (SSSR count). The molecule has 0 saturated carbocycles. The largest absolute Gasteiger partial charge is 0.507 e. The molecule has 1 fully saturated rings. The average Bonchev–Trinajstić information content (AvgIpc) is 3.10. The van der Waals surface area contributed by atoms with Crippen LogP contribution in [0.4, 0.5) is 5.69 Å². The molecule has 7 nitrogen and oxygen atoms in total. The molecule has 1 unspecified atom stereocenters. The number of benzene rings is 3. The van der Waals surface area contributed by atoms with E-state index in [1.165, 1.54) is 17.9 Å². The molecular weight excluding hydrogens is 494 g/mol. The van der Waals surface area contributed by atoms with Crippen molar-refractivity contribution in [3.63, 3.8) is 0 Å². The normalized spacial score (nSPS) is 16.7. The van der Waals surface area contributed by atoms with Crippen LogP contribution < -0.4 is 14.4 Å². The zero-order chi connectivity index (χ0) is 26.9. The Morgan fingerprint density at radius 2 is 1.59 bits per heavy atom. The lowest BCUT2D eigenvalue weighted by molar-refractivity contribution is -0.132. The van der Waals surface area contributed by atoms with E-state index in [4.69, 9.17) is 21.1 Å². The number of hydrogen-bond acceptors (Lipinski definition) is 6. The number of aliphatic hydroxyl groups is 1. The van der Waals surface area contributed by atoms with E-state index in [2.05, 4.69) is 0 Å². The van der Waals surface area contributed by atoms with Gasteiger partial charge in [-0.05, 0) is 79.9 Å². The van der Waals surface area contributed by atoms with Gasteiger partial charge in [0.1, 0.15) is 17.3 Å². The summed E-state index contributed by atoms with van der Waals surface area (Å²) < 4.78 is 10.7. The maximum atomic E-state index is 13.4. The maximum Gasteiger partial charge on any atom is 0.308 e. The van der Waals surface area contributed by atoms with Crippen LogP contribution in [-0.4, -0.2) is 29.4 Å². The smallest absolute Gasteiger partial charge is 0.308 e. The lowest BCUT2D eigenvalue weighted by atomic mass is 9.94. The van der Waals surface area contributed by atoms with Crippen molar-refractivity contribution in [1.82, 2.24) is 0 Å². The Morgan fingerprint density at radius 3 is 2.19 bits per heavy atom. The van der Waals surface area contributed by atoms with Gasteiger partial charge < -0.3 is 14.6 Å². The maximum absolute atomic E-state index is 13.4. The molecule has 1 aliphatic heterocycles. The zero-order valence-corrected chi connectivity index (χ0v) is 21.6. The molecule has 8 heteroatoms. The van der Waals surface area contributed by atoms with E-state index in [9.17, 15) is 19.5 Å². The Morgan fingerprint density at radius 1 is 0.973 bits per heavy atom. The molecule has 1 aliphatic rings. The lowest BCUT2D eigenvalue weighted by Gasteiger charge is -2.26. The number of aliphatic hydroxyl groups excluding tert-OH is 1. The van der Waals surface area contributed by atoms with Crippen molar-refractivity contribution in [2.75, 3.05) is 11.5 Å². The minimum atomic E-state index is -0.959. The summed E-state index contributed by atoms with van der Waals surface area (Å²) in [5.74, 6) is -1.74. The number of rotatable bonds is 6. The van der Waals surface area contributed by atoms with Crippen molar-refractivity contribution in [3.05, 3.63) is 93.5 Å². The highest BCUT2D eigenvalue weighted by Gasteiger charge is 2.47. The van der Waals surface area contributed by atoms with Gasteiger partial charge in [-0.1, -0.05) is 29.8 Å². The van der Waals surface area contributed by atoms with Gasteiger partial charge in [-0.25, -0.2) is 0 Å². The number of ether oxygens (including phenoxy) is 2. The monoisotopic (exact) mass is 519 g/mol. The van der Waals surface area contributed by atoms with Crippen molar-refractivity contribution in [3.8, 4) is 11.5 Å². The van der Waals surface area contributed by atoms with E-state index in [0.29, 0.717) is 29.4 Å². The fraction of sp³-hybridized carbons (Fsp3) is 0.207. The Balaban J connectivity index is 1.94. The van der Waals surface area contributed by atoms with Gasteiger partial charge in [-0.3, -0.25) is 19.3 Å². The third-order valence-corrected chi connectivity index (χ3v) is 6.22. The third kappa shape index (κ3) is 5.22. The highest BCUT2D eigenvalue weighted by Crippen LogP contribution is 2.44. The van der Waals surface area contributed by atoms with Crippen molar-refractivity contribution >= 4 is 40.7 Å². The van der Waals surface area contributed by atoms with Crippen molar-refractivity contribution in [1.29, 1.82) is 0 Å². The van der Waals surface area contributed by atoms with Gasteiger partial charge in [-0.2, -0.15) is 0 Å². The van der Waals surface area contributed by atoms with Gasteiger partial charge >= 0.3 is 5.97 Å². The quantitative estimate of drug-likeness (QED) is 0.143. The van der Waals surface area contributed by atoms with Gasteiger partial charge in [0.2, 0.25) is 0 Å². The molecule has 37 heavy (non-hydrogen) atoms. The minimum absolute atomic E-state index is 0.111. The van der Waals surface area contributed by atoms with Crippen LogP contribution in [0.2, 0.25) is 5.02 Å². The number of Topliss-reactive ketones (excluding diaryl/α,β-unsaturated/α-hetero) is 1. The predicted molar refractivity (Wildman–Crippen MR) is 141 cm³/mol. The number of nitrogens with zero attached hydrogens (tertiary/aromatic N) is 1. The summed E-state index contributed by atoms with van der Waals surface area (Å²) >= 11 is 6.40. The molecular formula is C29H26ClNO6. The van der Waals surface area contributed by atoms with E-state index in [1.807, 2.05) is 26.8 Å². The SMILES string of the molecule is CCOc1ccc(Cl)c(/C(O)=C2\C(=O)C(=O)N(c3cc(C)cc(C)c3)C2c2ccc(OC(C)=O)cc2)c1. The first-order valence-electron chi connectivity index (χ1n) is 11.7. The van der Waals surface area contributed by atoms with Crippen LogP contribution >= 0.6 is 11.6 Å². The fourth-order valence-electron chi connectivity index (χ4n) is 4.48. The number of ketones is 1. The first-order chi connectivity index (χ1) is 17.6. The summed E-state index contributed by atoms with van der Waals surface area (Å²) in [4.78, 5) is 39.6. The van der Waals surface area contributed by atoms with Crippen molar-refractivity contribution < 1.29 is 29.0 Å². The first-order valence-corrected chi connectivity index (χ1v) is 12.1. The molecule has 0 bridgehead atoms. The summed E-state index contributed by atoms with van der Waals surface area (Å²) in [5, 5.41) is 11.6. The number of anilines is 1. The second-order valence-electron chi connectivity index (χ2n) is 8.75. The molecule has 0 aromatic heterocycles. The molecule has 1 saturated heterocycles. The van der Waals surface area contributed by atoms with Gasteiger partial charge in [0.25, 0.3) is 11.7 Å². The number of hydrogen-bond donors (Lipinski definition) is 1. The Hall–Kier alpha value is -4.10. The number of aryl methyl sites for hydroxylation is 2. The summed E-state index contributed by atoms with van der Waals surface area (Å²) in [6, 6.07) is 15.8. The molecule has 0 aliphatic carbocycles. The van der Waals surface area contributed by atoms with E-state index in [0.717, 1.165) is 11.1 Å². The molecule has 1 N–H and O–H groups in total. The third-order valence-electron chi connectivity index (χ3n) is 5.89. The van der Waals surface area contributed by atoms with Crippen LogP contribution in [0.1, 0.15) is 42.1 Å². The Labute approximate surface area is 219 Å². The zero-order valence-electron chi connectivity index (χ0n) is 20.9. The highest BCUT2D eigenvalue weighted by molar-refractivity contribution is 6.52. The second kappa shape index (κ2) is 10.5. The summed E-state index contributed by atoms with van der Waals surface area (Å²) in [6.07, 6.45) is 0. The number of halogens is 1. The molecule has 190 valence electrons. The Bertz CT molecular complexity index is 1410. The molecule has 3 aromatic rings. The standard InChI is InChI=1S/C29H26ClNO6/c1-5-36-22-10-11-24(30)23(15-22)27(33)25-26(19-6-8-21(9-7-19)37-18(4)32)31(29(35)28(25)34)20-13-16(2)12-17(3)14-20/h6-15,26,33H,5H2,1-4H3/b27-25+. The van der Waals surface area contributed by atoms with E-state index in [-0.39, 0.29) is 16.2 Å². The van der Waals surface area contributed by atoms with Crippen molar-refractivity contribution in [2.24, 2.45) is 0 Å². The van der Waals surface area contributed by atoms with Gasteiger partial charge in [-0.15, -0.1) is 0 Å². The Kier molecular flexibility index (Phi) is 7.36. The van der Waals surface area contributed by atoms with Crippen LogP contribution in [0.5, 0.6) is 11.5 Å². The number of carbonyl (C=O) groups is 3. The minimum Gasteiger partial charge on any atom is -0.507 e. The number of amides is 1. The fourth-order valence-corrected chi connectivity index (χ4v) is 4.68. The molecule has 0 spiro atoms. The predicted octanol–water partition coefficient (Wildman–Crippen LogP) is 5.91. The highest BCUT2D eigenvalue weighted by atomic mass is 35.5. The molecule has 3 aromatic carbocycles. The number of esters is 1. The molecule has 0 radical (unpaired) electrons. The van der Waals surface area contributed by atoms with Crippen LogP contribution in [0.3, 0.4) is 0 Å². The lowest BCUT2D eigenvalue weighted by Crippen LogP contribution is -2.29. The van der Waals surface area contributed by atoms with Crippen LogP contribution in [0.15, 0.2) is 66.2 Å². The average molecular weight is 520 g/mol. The second-order valence-corrected chi connectivity index (χ2v) is 9.16. The van der Waals surface area contributed by atoms with Gasteiger partial charge in [0.15, 0.2) is 0 Å². The van der Waals surface area contributed by atoms with Gasteiger partial charge in [0.05, 0.1) is 23.2 Å². The summed E-state index contributed by atoms with van der Waals surface area (Å²) in [5.41, 5.74) is 2.93. The van der Waals surface area contributed by atoms with Crippen LogP contribution in [-0.2, 0) is 14.4 Å². The van der Waals surface area contributed by atoms with Crippen LogP contribution in [0, 0.1) is 13.8 Å². The molecule has 1 amide bonds.